The maximum Gasteiger partial charge on any atom is 0.0659 e. The fraction of sp³-hybridized carbons (Fsp3) is 0.467. The molecule has 2 aromatic rings. The standard InChI is InChI=1S/C15H18INS2/c1-9-6-11(18-10(9)2)8-17-13-4-3-5-14-12(13)7-15(16)19-14/h6-7,13,17H,3-5,8H2,1-2H3. The van der Waals surface area contributed by atoms with Crippen molar-refractivity contribution in [1.82, 2.24) is 5.32 Å². The highest BCUT2D eigenvalue weighted by Crippen LogP contribution is 2.36. The van der Waals surface area contributed by atoms with Gasteiger partial charge in [-0.05, 0) is 79.0 Å². The summed E-state index contributed by atoms with van der Waals surface area (Å²) < 4.78 is 1.43. The van der Waals surface area contributed by atoms with Gasteiger partial charge in [-0.25, -0.2) is 0 Å². The Morgan fingerprint density at radius 3 is 2.89 bits per heavy atom. The molecular weight excluding hydrogens is 385 g/mol. The van der Waals surface area contributed by atoms with Crippen LogP contribution in [-0.2, 0) is 13.0 Å². The van der Waals surface area contributed by atoms with Crippen LogP contribution in [0.25, 0.3) is 0 Å². The van der Waals surface area contributed by atoms with Gasteiger partial charge in [0, 0.05) is 27.2 Å². The summed E-state index contributed by atoms with van der Waals surface area (Å²) >= 11 is 6.35. The molecule has 0 radical (unpaired) electrons. The van der Waals surface area contributed by atoms with Crippen LogP contribution in [0.1, 0.15) is 44.6 Å². The molecule has 0 aliphatic heterocycles. The van der Waals surface area contributed by atoms with E-state index in [9.17, 15) is 0 Å². The molecular formula is C15H18INS2. The third kappa shape index (κ3) is 3.06. The van der Waals surface area contributed by atoms with E-state index in [2.05, 4.69) is 53.9 Å². The largest absolute Gasteiger partial charge is 0.305 e. The quantitative estimate of drug-likeness (QED) is 0.695. The number of halogens is 1. The van der Waals surface area contributed by atoms with Crippen molar-refractivity contribution in [2.45, 2.75) is 45.7 Å². The van der Waals surface area contributed by atoms with E-state index in [4.69, 9.17) is 0 Å². The predicted octanol–water partition coefficient (Wildman–Crippen LogP) is 5.20. The average Bonchev–Trinajstić information content (AvgIpc) is 2.89. The lowest BCUT2D eigenvalue weighted by atomic mass is 9.94. The second-order valence-corrected chi connectivity index (χ2v) is 9.58. The Morgan fingerprint density at radius 1 is 1.32 bits per heavy atom. The predicted molar refractivity (Wildman–Crippen MR) is 93.3 cm³/mol. The molecule has 0 saturated carbocycles. The van der Waals surface area contributed by atoms with E-state index in [1.165, 1.54) is 37.5 Å². The molecule has 1 aliphatic carbocycles. The summed E-state index contributed by atoms with van der Waals surface area (Å²) in [5.74, 6) is 0. The number of fused-ring (bicyclic) bond motifs is 1. The molecule has 0 amide bonds. The van der Waals surface area contributed by atoms with E-state index < -0.39 is 0 Å². The van der Waals surface area contributed by atoms with Crippen LogP contribution < -0.4 is 5.32 Å². The van der Waals surface area contributed by atoms with Crippen LogP contribution in [0.2, 0.25) is 0 Å². The summed E-state index contributed by atoms with van der Waals surface area (Å²) in [5.41, 5.74) is 2.99. The number of nitrogens with one attached hydrogen (secondary N) is 1. The second-order valence-electron chi connectivity index (χ2n) is 5.21. The molecule has 2 heterocycles. The number of hydrogen-bond donors (Lipinski definition) is 1. The fourth-order valence-electron chi connectivity index (χ4n) is 2.69. The van der Waals surface area contributed by atoms with Crippen LogP contribution in [-0.4, -0.2) is 0 Å². The topological polar surface area (TPSA) is 12.0 Å². The molecule has 4 heteroatoms. The molecule has 102 valence electrons. The van der Waals surface area contributed by atoms with Gasteiger partial charge in [0.1, 0.15) is 0 Å². The minimum Gasteiger partial charge on any atom is -0.305 e. The summed E-state index contributed by atoms with van der Waals surface area (Å²) in [6.07, 6.45) is 3.88. The summed E-state index contributed by atoms with van der Waals surface area (Å²) in [6, 6.07) is 5.27. The Labute approximate surface area is 136 Å². The van der Waals surface area contributed by atoms with Crippen molar-refractivity contribution in [3.05, 3.63) is 40.8 Å². The van der Waals surface area contributed by atoms with Crippen LogP contribution >= 0.6 is 45.3 Å². The molecule has 0 bridgehead atoms. The first-order chi connectivity index (χ1) is 9.13. The van der Waals surface area contributed by atoms with Gasteiger partial charge >= 0.3 is 0 Å². The zero-order chi connectivity index (χ0) is 13.4. The highest BCUT2D eigenvalue weighted by molar-refractivity contribution is 14.1. The first-order valence-electron chi connectivity index (χ1n) is 6.71. The van der Waals surface area contributed by atoms with Gasteiger partial charge < -0.3 is 5.32 Å². The van der Waals surface area contributed by atoms with E-state index >= 15 is 0 Å². The van der Waals surface area contributed by atoms with Crippen molar-refractivity contribution >= 4 is 45.3 Å². The lowest BCUT2D eigenvalue weighted by Gasteiger charge is -2.23. The molecule has 1 aliphatic rings. The van der Waals surface area contributed by atoms with Crippen LogP contribution in [0.4, 0.5) is 0 Å². The number of hydrogen-bond acceptors (Lipinski definition) is 3. The van der Waals surface area contributed by atoms with Gasteiger partial charge in [0.05, 0.1) is 2.88 Å². The summed E-state index contributed by atoms with van der Waals surface area (Å²) in [5, 5.41) is 3.76. The van der Waals surface area contributed by atoms with Crippen molar-refractivity contribution in [2.24, 2.45) is 0 Å². The Bertz CT molecular complexity index is 565. The Hall–Kier alpha value is 0.0900. The van der Waals surface area contributed by atoms with Gasteiger partial charge in [-0.3, -0.25) is 0 Å². The smallest absolute Gasteiger partial charge is 0.0659 e. The number of rotatable bonds is 3. The third-order valence-corrected chi connectivity index (χ3v) is 6.95. The van der Waals surface area contributed by atoms with Gasteiger partial charge in [0.15, 0.2) is 0 Å². The molecule has 1 unspecified atom stereocenters. The SMILES string of the molecule is Cc1cc(CNC2CCCc3sc(I)cc32)sc1C. The zero-order valence-electron chi connectivity index (χ0n) is 11.3. The molecule has 0 saturated heterocycles. The number of aryl methyl sites for hydroxylation is 3. The molecule has 1 N–H and O–H groups in total. The van der Waals surface area contributed by atoms with Gasteiger partial charge in [0.2, 0.25) is 0 Å². The summed E-state index contributed by atoms with van der Waals surface area (Å²) in [6.45, 7) is 5.43. The molecule has 0 fully saturated rings. The van der Waals surface area contributed by atoms with E-state index in [-0.39, 0.29) is 0 Å². The van der Waals surface area contributed by atoms with Crippen LogP contribution in [0.5, 0.6) is 0 Å². The molecule has 0 aromatic carbocycles. The van der Waals surface area contributed by atoms with Crippen molar-refractivity contribution in [3.63, 3.8) is 0 Å². The van der Waals surface area contributed by atoms with Crippen molar-refractivity contribution in [1.29, 1.82) is 0 Å². The molecule has 1 atom stereocenters. The first-order valence-corrected chi connectivity index (χ1v) is 9.42. The molecule has 3 rings (SSSR count). The monoisotopic (exact) mass is 403 g/mol. The molecule has 19 heavy (non-hydrogen) atoms. The highest BCUT2D eigenvalue weighted by atomic mass is 127. The van der Waals surface area contributed by atoms with Gasteiger partial charge in [-0.1, -0.05) is 0 Å². The van der Waals surface area contributed by atoms with E-state index in [1.54, 1.807) is 10.4 Å². The summed E-state index contributed by atoms with van der Waals surface area (Å²) in [7, 11) is 0. The molecule has 0 spiro atoms. The second kappa shape index (κ2) is 5.84. The zero-order valence-corrected chi connectivity index (χ0v) is 15.0. The normalized spacial score (nSPS) is 18.6. The van der Waals surface area contributed by atoms with Crippen LogP contribution in [0.3, 0.4) is 0 Å². The van der Waals surface area contributed by atoms with Crippen molar-refractivity contribution in [2.75, 3.05) is 0 Å². The fourth-order valence-corrected chi connectivity index (χ4v) is 5.82. The molecule has 2 aromatic heterocycles. The third-order valence-electron chi connectivity index (χ3n) is 3.82. The highest BCUT2D eigenvalue weighted by Gasteiger charge is 2.22. The maximum absolute atomic E-state index is 3.76. The van der Waals surface area contributed by atoms with Gasteiger partial charge in [-0.2, -0.15) is 0 Å². The minimum atomic E-state index is 0.561. The van der Waals surface area contributed by atoms with E-state index in [0.29, 0.717) is 6.04 Å². The van der Waals surface area contributed by atoms with E-state index in [0.717, 1.165) is 6.54 Å². The van der Waals surface area contributed by atoms with E-state index in [1.807, 2.05) is 22.7 Å². The van der Waals surface area contributed by atoms with Gasteiger partial charge in [0.25, 0.3) is 0 Å². The Morgan fingerprint density at radius 2 is 2.16 bits per heavy atom. The van der Waals surface area contributed by atoms with Crippen LogP contribution in [0.15, 0.2) is 12.1 Å². The Balaban J connectivity index is 1.71. The first kappa shape index (κ1) is 14.0. The van der Waals surface area contributed by atoms with Crippen molar-refractivity contribution < 1.29 is 0 Å². The minimum absolute atomic E-state index is 0.561. The maximum atomic E-state index is 3.76. The van der Waals surface area contributed by atoms with Crippen molar-refractivity contribution in [3.8, 4) is 0 Å². The summed E-state index contributed by atoms with van der Waals surface area (Å²) in [4.78, 5) is 4.52. The lowest BCUT2D eigenvalue weighted by Crippen LogP contribution is -2.23. The average molecular weight is 403 g/mol. The van der Waals surface area contributed by atoms with Gasteiger partial charge in [-0.15, -0.1) is 22.7 Å². The number of thiophene rings is 2. The Kier molecular flexibility index (Phi) is 4.31. The molecule has 1 nitrogen and oxygen atoms in total. The lowest BCUT2D eigenvalue weighted by molar-refractivity contribution is 0.465. The van der Waals surface area contributed by atoms with Crippen LogP contribution in [0, 0.1) is 16.7 Å².